The maximum Gasteiger partial charge on any atom is 0.325 e. The summed E-state index contributed by atoms with van der Waals surface area (Å²) in [6.45, 7) is 6.57. The van der Waals surface area contributed by atoms with Crippen LogP contribution in [0.2, 0.25) is 5.02 Å². The zero-order valence-corrected chi connectivity index (χ0v) is 18.7. The molecule has 31 heavy (non-hydrogen) atoms. The number of hydrogen-bond donors (Lipinski definition) is 1. The molecule has 2 fully saturated rings. The van der Waals surface area contributed by atoms with Crippen LogP contribution in [-0.4, -0.2) is 46.4 Å². The van der Waals surface area contributed by atoms with Crippen LogP contribution >= 0.6 is 11.6 Å². The second kappa shape index (κ2) is 8.13. The zero-order valence-electron chi connectivity index (χ0n) is 17.9. The van der Waals surface area contributed by atoms with Crippen LogP contribution in [0.4, 0.5) is 4.79 Å². The number of halogens is 1. The van der Waals surface area contributed by atoms with Gasteiger partial charge in [-0.3, -0.25) is 14.5 Å². The van der Waals surface area contributed by atoms with Crippen molar-refractivity contribution in [2.75, 3.05) is 13.2 Å². The Balaban J connectivity index is 1.54. The van der Waals surface area contributed by atoms with Gasteiger partial charge in [0.05, 0.1) is 12.6 Å². The van der Waals surface area contributed by atoms with Gasteiger partial charge in [-0.15, -0.1) is 0 Å². The summed E-state index contributed by atoms with van der Waals surface area (Å²) in [7, 11) is 0. The van der Waals surface area contributed by atoms with Crippen LogP contribution < -0.4 is 5.32 Å². The van der Waals surface area contributed by atoms with E-state index >= 15 is 0 Å². The van der Waals surface area contributed by atoms with Gasteiger partial charge in [0.15, 0.2) is 5.78 Å². The highest BCUT2D eigenvalue weighted by Crippen LogP contribution is 2.33. The van der Waals surface area contributed by atoms with Crippen LogP contribution in [0.5, 0.6) is 0 Å². The molecule has 0 saturated carbocycles. The normalized spacial score (nSPS) is 23.5. The number of Topliss-reactive ketones (excluding diaryl/α,β-unsaturated/α-hetero) is 1. The van der Waals surface area contributed by atoms with Gasteiger partial charge in [-0.25, -0.2) is 4.79 Å². The fraction of sp³-hybridized carbons (Fsp3) is 0.435. The average Bonchev–Trinajstić information content (AvgIpc) is 3.40. The molecular formula is C23H26ClN3O4. The topological polar surface area (TPSA) is 80.6 Å². The molecular weight excluding hydrogens is 418 g/mol. The minimum Gasteiger partial charge on any atom is -0.376 e. The molecule has 2 atom stereocenters. The third-order valence-corrected chi connectivity index (χ3v) is 6.60. The molecule has 1 N–H and O–H groups in total. The fourth-order valence-corrected chi connectivity index (χ4v) is 4.80. The molecule has 4 rings (SSSR count). The summed E-state index contributed by atoms with van der Waals surface area (Å²) in [5, 5.41) is 3.08. The van der Waals surface area contributed by atoms with Crippen LogP contribution in [0.3, 0.4) is 0 Å². The van der Waals surface area contributed by atoms with E-state index in [-0.39, 0.29) is 18.4 Å². The fourth-order valence-electron chi connectivity index (χ4n) is 4.47. The van der Waals surface area contributed by atoms with Crippen LogP contribution in [0.1, 0.15) is 47.1 Å². The first-order valence-corrected chi connectivity index (χ1v) is 10.8. The van der Waals surface area contributed by atoms with Crippen molar-refractivity contribution in [2.24, 2.45) is 0 Å². The minimum absolute atomic E-state index is 0.148. The monoisotopic (exact) mass is 443 g/mol. The van der Waals surface area contributed by atoms with Crippen LogP contribution in [-0.2, 0) is 21.6 Å². The second-order valence-corrected chi connectivity index (χ2v) is 8.79. The molecule has 3 heterocycles. The van der Waals surface area contributed by atoms with Gasteiger partial charge in [-0.05, 0) is 45.7 Å². The summed E-state index contributed by atoms with van der Waals surface area (Å²) in [6, 6.07) is 8.09. The standard InChI is InChI=1S/C23H26ClN3O4/c1-14-11-17(15(2)26(14)12-16-7-6-10-31-16)20(28)13-27-21(29)23(3,25-22(27)30)18-8-4-5-9-19(18)24/h4-5,8-9,11,16H,6-7,10,12-13H2,1-3H3,(H,25,30)/t16?,23-/m0/s1. The molecule has 0 aliphatic carbocycles. The summed E-state index contributed by atoms with van der Waals surface area (Å²) >= 11 is 6.27. The SMILES string of the molecule is Cc1cc(C(=O)CN2C(=O)N[C@@](C)(c3ccccc3Cl)C2=O)c(C)n1CC1CCCO1. The molecule has 2 aromatic rings. The van der Waals surface area contributed by atoms with Gasteiger partial charge in [0.1, 0.15) is 5.54 Å². The summed E-state index contributed by atoms with van der Waals surface area (Å²) < 4.78 is 7.80. The number of rotatable bonds is 6. The van der Waals surface area contributed by atoms with Gasteiger partial charge in [0.25, 0.3) is 5.91 Å². The van der Waals surface area contributed by atoms with Gasteiger partial charge in [0, 0.05) is 40.7 Å². The third-order valence-electron chi connectivity index (χ3n) is 6.27. The summed E-state index contributed by atoms with van der Waals surface area (Å²) in [4.78, 5) is 39.8. The van der Waals surface area contributed by atoms with Crippen molar-refractivity contribution in [3.63, 3.8) is 0 Å². The first-order valence-electron chi connectivity index (χ1n) is 10.4. The maximum absolute atomic E-state index is 13.2. The zero-order chi connectivity index (χ0) is 22.3. The van der Waals surface area contributed by atoms with Gasteiger partial charge >= 0.3 is 6.03 Å². The smallest absolute Gasteiger partial charge is 0.325 e. The number of aryl methyl sites for hydroxylation is 1. The molecule has 8 heteroatoms. The lowest BCUT2D eigenvalue weighted by Crippen LogP contribution is -2.41. The van der Waals surface area contributed by atoms with E-state index in [1.54, 1.807) is 31.2 Å². The molecule has 7 nitrogen and oxygen atoms in total. The van der Waals surface area contributed by atoms with Crippen LogP contribution in [0, 0.1) is 13.8 Å². The number of urea groups is 1. The minimum atomic E-state index is -1.31. The number of benzene rings is 1. The predicted octanol–water partition coefficient (Wildman–Crippen LogP) is 3.59. The Hall–Kier alpha value is -2.64. The van der Waals surface area contributed by atoms with E-state index in [2.05, 4.69) is 9.88 Å². The number of amides is 3. The number of nitrogens with one attached hydrogen (secondary N) is 1. The van der Waals surface area contributed by atoms with Gasteiger partial charge < -0.3 is 14.6 Å². The Morgan fingerprint density at radius 1 is 1.29 bits per heavy atom. The second-order valence-electron chi connectivity index (χ2n) is 8.38. The van der Waals surface area contributed by atoms with Crippen molar-refractivity contribution in [1.82, 2.24) is 14.8 Å². The van der Waals surface area contributed by atoms with Crippen LogP contribution in [0.15, 0.2) is 30.3 Å². The van der Waals surface area contributed by atoms with Crippen molar-refractivity contribution in [2.45, 2.75) is 51.8 Å². The third kappa shape index (κ3) is 3.77. The number of ether oxygens (including phenoxy) is 1. The van der Waals surface area contributed by atoms with Crippen molar-refractivity contribution in [3.05, 3.63) is 57.9 Å². The largest absolute Gasteiger partial charge is 0.376 e. The van der Waals surface area contributed by atoms with E-state index in [9.17, 15) is 14.4 Å². The molecule has 164 valence electrons. The molecule has 0 radical (unpaired) electrons. The van der Waals surface area contributed by atoms with Gasteiger partial charge in [0.2, 0.25) is 0 Å². The Labute approximate surface area is 186 Å². The lowest BCUT2D eigenvalue weighted by molar-refractivity contribution is -0.130. The van der Waals surface area contributed by atoms with Crippen molar-refractivity contribution in [3.8, 4) is 0 Å². The molecule has 2 saturated heterocycles. The molecule has 0 bridgehead atoms. The molecule has 2 aliphatic rings. The summed E-state index contributed by atoms with van der Waals surface area (Å²) in [5.41, 5.74) is 1.47. The maximum atomic E-state index is 13.2. The Bertz CT molecular complexity index is 1060. The van der Waals surface area contributed by atoms with E-state index < -0.39 is 17.5 Å². The van der Waals surface area contributed by atoms with Crippen molar-refractivity contribution < 1.29 is 19.1 Å². The molecule has 2 aliphatic heterocycles. The van der Waals surface area contributed by atoms with E-state index in [1.165, 1.54) is 0 Å². The van der Waals surface area contributed by atoms with Gasteiger partial charge in [-0.2, -0.15) is 0 Å². The highest BCUT2D eigenvalue weighted by atomic mass is 35.5. The van der Waals surface area contributed by atoms with E-state index in [4.69, 9.17) is 16.3 Å². The number of carbonyl (C=O) groups excluding carboxylic acids is 3. The Morgan fingerprint density at radius 3 is 2.71 bits per heavy atom. The first kappa shape index (κ1) is 21.6. The summed E-state index contributed by atoms with van der Waals surface area (Å²) in [6.07, 6.45) is 2.20. The lowest BCUT2D eigenvalue weighted by Gasteiger charge is -2.23. The number of nitrogens with zero attached hydrogens (tertiary/aromatic N) is 2. The van der Waals surface area contributed by atoms with E-state index in [1.807, 2.05) is 19.9 Å². The molecule has 1 aromatic carbocycles. The van der Waals surface area contributed by atoms with Crippen molar-refractivity contribution >= 4 is 29.3 Å². The number of imide groups is 1. The first-order chi connectivity index (χ1) is 14.7. The number of ketones is 1. The molecule has 1 aromatic heterocycles. The number of carbonyl (C=O) groups is 3. The quantitative estimate of drug-likeness (QED) is 0.546. The molecule has 0 spiro atoms. The van der Waals surface area contributed by atoms with Crippen LogP contribution in [0.25, 0.3) is 0 Å². The Kier molecular flexibility index (Phi) is 5.66. The van der Waals surface area contributed by atoms with E-state index in [0.29, 0.717) is 22.7 Å². The van der Waals surface area contributed by atoms with Crippen molar-refractivity contribution in [1.29, 1.82) is 0 Å². The van der Waals surface area contributed by atoms with E-state index in [0.717, 1.165) is 35.7 Å². The molecule has 1 unspecified atom stereocenters. The number of aromatic nitrogens is 1. The lowest BCUT2D eigenvalue weighted by atomic mass is 9.92. The Morgan fingerprint density at radius 2 is 2.03 bits per heavy atom. The average molecular weight is 444 g/mol. The summed E-state index contributed by atoms with van der Waals surface area (Å²) in [5.74, 6) is -0.772. The number of hydrogen-bond acceptors (Lipinski definition) is 4. The van der Waals surface area contributed by atoms with Gasteiger partial charge in [-0.1, -0.05) is 29.8 Å². The highest BCUT2D eigenvalue weighted by Gasteiger charge is 2.50. The predicted molar refractivity (Wildman–Crippen MR) is 116 cm³/mol. The molecule has 3 amide bonds. The highest BCUT2D eigenvalue weighted by molar-refractivity contribution is 6.32.